The van der Waals surface area contributed by atoms with Crippen LogP contribution in [0.4, 0.5) is 0 Å². The fourth-order valence-corrected chi connectivity index (χ4v) is 4.32. The lowest BCUT2D eigenvalue weighted by atomic mass is 9.85. The molecule has 1 aromatic carbocycles. The summed E-state index contributed by atoms with van der Waals surface area (Å²) in [6.45, 7) is 1.69. The minimum atomic E-state index is -0.103. The maximum atomic E-state index is 12.7. The number of hydrogen-bond acceptors (Lipinski definition) is 5. The molecule has 0 saturated carbocycles. The van der Waals surface area contributed by atoms with Crippen LogP contribution < -0.4 is 0 Å². The first-order chi connectivity index (χ1) is 13.0. The zero-order valence-electron chi connectivity index (χ0n) is 15.3. The number of nitrogens with zero attached hydrogens (tertiary/aromatic N) is 4. The average molecular weight is 376 g/mol. The third-order valence-corrected chi connectivity index (χ3v) is 5.60. The molecule has 0 N–H and O–H groups in total. The summed E-state index contributed by atoms with van der Waals surface area (Å²) in [4.78, 5) is 18.1. The third-order valence-electron chi connectivity index (χ3n) is 4.56. The molecule has 1 aliphatic rings. The molecule has 1 aromatic heterocycles. The molecule has 0 unspecified atom stereocenters. The van der Waals surface area contributed by atoms with Gasteiger partial charge in [0.05, 0.1) is 18.2 Å². The van der Waals surface area contributed by atoms with E-state index in [2.05, 4.69) is 12.1 Å². The van der Waals surface area contributed by atoms with Crippen molar-refractivity contribution < 1.29 is 4.79 Å². The lowest BCUT2D eigenvalue weighted by molar-refractivity contribution is -0.127. The van der Waals surface area contributed by atoms with Gasteiger partial charge in [0.2, 0.25) is 5.91 Å². The molecule has 1 atom stereocenters. The van der Waals surface area contributed by atoms with E-state index >= 15 is 0 Å². The van der Waals surface area contributed by atoms with E-state index in [0.717, 1.165) is 16.0 Å². The van der Waals surface area contributed by atoms with Crippen molar-refractivity contribution in [3.8, 4) is 12.1 Å². The van der Waals surface area contributed by atoms with E-state index in [9.17, 15) is 15.3 Å². The summed E-state index contributed by atoms with van der Waals surface area (Å²) < 4.78 is 0. The second kappa shape index (κ2) is 8.18. The summed E-state index contributed by atoms with van der Waals surface area (Å²) in [5.41, 5.74) is 2.56. The van der Waals surface area contributed by atoms with E-state index in [1.807, 2.05) is 49.3 Å². The van der Waals surface area contributed by atoms with Crippen molar-refractivity contribution in [2.45, 2.75) is 12.5 Å². The monoisotopic (exact) mass is 376 g/mol. The van der Waals surface area contributed by atoms with Crippen LogP contribution in [0.5, 0.6) is 0 Å². The molecule has 136 valence electrons. The minimum absolute atomic E-state index is 0.0474. The molecule has 0 radical (unpaired) electrons. The van der Waals surface area contributed by atoms with Crippen molar-refractivity contribution >= 4 is 17.2 Å². The van der Waals surface area contributed by atoms with Crippen molar-refractivity contribution in [1.29, 1.82) is 10.5 Å². The molecule has 1 aliphatic heterocycles. The SMILES string of the molecule is CN(C)C/C=C/C(=O)N1Cc2sc(C#N)cc2[C@H](c2ccccc2C#N)C1. The van der Waals surface area contributed by atoms with Gasteiger partial charge in [0.25, 0.3) is 0 Å². The van der Waals surface area contributed by atoms with Gasteiger partial charge in [-0.25, -0.2) is 0 Å². The van der Waals surface area contributed by atoms with Gasteiger partial charge in [0, 0.05) is 30.0 Å². The Morgan fingerprint density at radius 1 is 1.30 bits per heavy atom. The number of fused-ring (bicyclic) bond motifs is 1. The molecule has 0 spiro atoms. The Bertz CT molecular complexity index is 961. The predicted molar refractivity (Wildman–Crippen MR) is 105 cm³/mol. The second-order valence-electron chi connectivity index (χ2n) is 6.74. The Kier molecular flexibility index (Phi) is 5.71. The zero-order valence-corrected chi connectivity index (χ0v) is 16.2. The highest BCUT2D eigenvalue weighted by Gasteiger charge is 2.31. The number of thiophene rings is 1. The van der Waals surface area contributed by atoms with Crippen LogP contribution in [-0.2, 0) is 11.3 Å². The van der Waals surface area contributed by atoms with Crippen LogP contribution in [-0.4, -0.2) is 42.9 Å². The van der Waals surface area contributed by atoms with Crippen LogP contribution in [0.15, 0.2) is 42.5 Å². The third kappa shape index (κ3) is 4.09. The van der Waals surface area contributed by atoms with E-state index < -0.39 is 0 Å². The number of hydrogen-bond donors (Lipinski definition) is 0. The van der Waals surface area contributed by atoms with Crippen LogP contribution in [0.25, 0.3) is 0 Å². The van der Waals surface area contributed by atoms with E-state index in [1.54, 1.807) is 17.0 Å². The zero-order chi connectivity index (χ0) is 19.4. The first-order valence-corrected chi connectivity index (χ1v) is 9.47. The van der Waals surface area contributed by atoms with Crippen LogP contribution in [0.1, 0.15) is 32.4 Å². The Morgan fingerprint density at radius 3 is 2.78 bits per heavy atom. The van der Waals surface area contributed by atoms with Gasteiger partial charge in [-0.15, -0.1) is 11.3 Å². The molecule has 3 rings (SSSR count). The van der Waals surface area contributed by atoms with Gasteiger partial charge in [-0.2, -0.15) is 10.5 Å². The number of nitriles is 2. The Balaban J connectivity index is 1.97. The molecule has 5 nitrogen and oxygen atoms in total. The summed E-state index contributed by atoms with van der Waals surface area (Å²) in [5.74, 6) is -0.150. The van der Waals surface area contributed by atoms with E-state index in [0.29, 0.717) is 30.1 Å². The minimum Gasteiger partial charge on any atom is -0.333 e. The number of carbonyl (C=O) groups is 1. The molecule has 0 aliphatic carbocycles. The number of carbonyl (C=O) groups excluding carboxylic acids is 1. The molecule has 1 amide bonds. The van der Waals surface area contributed by atoms with Crippen molar-refractivity contribution in [3.05, 3.63) is 68.9 Å². The molecule has 27 heavy (non-hydrogen) atoms. The van der Waals surface area contributed by atoms with Crippen molar-refractivity contribution in [3.63, 3.8) is 0 Å². The van der Waals surface area contributed by atoms with E-state index in [4.69, 9.17) is 0 Å². The quantitative estimate of drug-likeness (QED) is 0.769. The molecule has 0 bridgehead atoms. The van der Waals surface area contributed by atoms with Crippen LogP contribution in [0, 0.1) is 22.7 Å². The van der Waals surface area contributed by atoms with Crippen molar-refractivity contribution in [2.75, 3.05) is 27.2 Å². The number of amides is 1. The summed E-state index contributed by atoms with van der Waals surface area (Å²) in [5, 5.41) is 18.8. The molecular weight excluding hydrogens is 356 g/mol. The van der Waals surface area contributed by atoms with Gasteiger partial charge >= 0.3 is 0 Å². The average Bonchev–Trinajstić information content (AvgIpc) is 3.10. The van der Waals surface area contributed by atoms with Gasteiger partial charge in [0.1, 0.15) is 10.9 Å². The normalized spacial score (nSPS) is 16.2. The van der Waals surface area contributed by atoms with Gasteiger partial charge in [-0.3, -0.25) is 4.79 Å². The molecule has 0 fully saturated rings. The van der Waals surface area contributed by atoms with E-state index in [-0.39, 0.29) is 11.8 Å². The summed E-state index contributed by atoms with van der Waals surface area (Å²) in [6, 6.07) is 13.8. The van der Waals surface area contributed by atoms with Gasteiger partial charge < -0.3 is 9.80 Å². The Morgan fingerprint density at radius 2 is 2.07 bits per heavy atom. The standard InChI is InChI=1S/C21H20N4OS/c1-24(2)9-5-8-21(26)25-13-19(17-7-4-3-6-15(17)11-22)18-10-16(12-23)27-20(18)14-25/h3-8,10,19H,9,13-14H2,1-2H3/b8-5+/t19-/m0/s1. The fourth-order valence-electron chi connectivity index (χ4n) is 3.28. The van der Waals surface area contributed by atoms with Crippen molar-refractivity contribution in [2.24, 2.45) is 0 Å². The molecule has 0 saturated heterocycles. The van der Waals surface area contributed by atoms with Gasteiger partial charge in [0.15, 0.2) is 0 Å². The van der Waals surface area contributed by atoms with Crippen LogP contribution >= 0.6 is 11.3 Å². The van der Waals surface area contributed by atoms with Gasteiger partial charge in [-0.1, -0.05) is 24.3 Å². The first-order valence-electron chi connectivity index (χ1n) is 8.65. The van der Waals surface area contributed by atoms with Crippen LogP contribution in [0.3, 0.4) is 0 Å². The Labute approximate surface area is 163 Å². The lowest BCUT2D eigenvalue weighted by Gasteiger charge is -2.33. The highest BCUT2D eigenvalue weighted by Crippen LogP contribution is 2.39. The Hall–Kier alpha value is -2.93. The second-order valence-corrected chi connectivity index (χ2v) is 7.87. The maximum absolute atomic E-state index is 12.7. The predicted octanol–water partition coefficient (Wildman–Crippen LogP) is 3.08. The number of rotatable bonds is 4. The number of likely N-dealkylation sites (N-methyl/N-ethyl adjacent to an activating group) is 1. The van der Waals surface area contributed by atoms with Gasteiger partial charge in [-0.05, 0) is 37.4 Å². The molecular formula is C21H20N4OS. The highest BCUT2D eigenvalue weighted by atomic mass is 32.1. The maximum Gasteiger partial charge on any atom is 0.246 e. The lowest BCUT2D eigenvalue weighted by Crippen LogP contribution is -2.37. The largest absolute Gasteiger partial charge is 0.333 e. The first kappa shape index (κ1) is 18.8. The summed E-state index contributed by atoms with van der Waals surface area (Å²) >= 11 is 1.43. The summed E-state index contributed by atoms with van der Waals surface area (Å²) in [6.07, 6.45) is 3.46. The van der Waals surface area contributed by atoms with Crippen LogP contribution in [0.2, 0.25) is 0 Å². The molecule has 6 heteroatoms. The fraction of sp³-hybridized carbons (Fsp3) is 0.286. The molecule has 2 aromatic rings. The number of benzene rings is 1. The smallest absolute Gasteiger partial charge is 0.246 e. The highest BCUT2D eigenvalue weighted by molar-refractivity contribution is 7.12. The topological polar surface area (TPSA) is 71.1 Å². The van der Waals surface area contributed by atoms with Crippen molar-refractivity contribution in [1.82, 2.24) is 9.80 Å². The van der Waals surface area contributed by atoms with E-state index in [1.165, 1.54) is 11.3 Å². The molecule has 2 heterocycles. The summed E-state index contributed by atoms with van der Waals surface area (Å²) in [7, 11) is 3.90.